The SMILES string of the molecule is COc1ccc(NC(=O)Cc2ccc(-n3cccn3)cc2)cc1-n1nnnc1C. The number of carbonyl (C=O) groups is 1. The Balaban J connectivity index is 1.48. The minimum atomic E-state index is -0.124. The maximum Gasteiger partial charge on any atom is 0.228 e. The minimum Gasteiger partial charge on any atom is -0.494 e. The van der Waals surface area contributed by atoms with E-state index in [4.69, 9.17) is 4.74 Å². The van der Waals surface area contributed by atoms with Crippen molar-refractivity contribution in [3.8, 4) is 17.1 Å². The molecule has 0 bridgehead atoms. The standard InChI is InChI=1S/C20H19N7O2/c1-14-23-24-25-27(14)18-13-16(6-9-19(18)29-2)22-20(28)12-15-4-7-17(8-5-15)26-11-3-10-21-26/h3-11,13H,12H2,1-2H3,(H,22,28). The largest absolute Gasteiger partial charge is 0.494 e. The fraction of sp³-hybridized carbons (Fsp3) is 0.150. The Morgan fingerprint density at radius 3 is 2.66 bits per heavy atom. The lowest BCUT2D eigenvalue weighted by Gasteiger charge is -2.12. The van der Waals surface area contributed by atoms with Gasteiger partial charge < -0.3 is 10.1 Å². The van der Waals surface area contributed by atoms with Crippen molar-refractivity contribution in [3.05, 3.63) is 72.3 Å². The number of tetrazole rings is 1. The molecule has 9 heteroatoms. The molecule has 0 aliphatic rings. The maximum atomic E-state index is 12.5. The van der Waals surface area contributed by atoms with Crippen LogP contribution in [0.15, 0.2) is 60.9 Å². The summed E-state index contributed by atoms with van der Waals surface area (Å²) in [6.07, 6.45) is 3.85. The maximum absolute atomic E-state index is 12.5. The molecule has 4 aromatic rings. The van der Waals surface area contributed by atoms with E-state index in [1.165, 1.54) is 0 Å². The van der Waals surface area contributed by atoms with Crippen LogP contribution in [0.1, 0.15) is 11.4 Å². The van der Waals surface area contributed by atoms with Crippen LogP contribution in [0.25, 0.3) is 11.4 Å². The zero-order chi connectivity index (χ0) is 20.2. The van der Waals surface area contributed by atoms with Gasteiger partial charge in [-0.05, 0) is 59.3 Å². The highest BCUT2D eigenvalue weighted by Gasteiger charge is 2.13. The number of aryl methyl sites for hydroxylation is 1. The number of anilines is 1. The summed E-state index contributed by atoms with van der Waals surface area (Å²) >= 11 is 0. The number of hydrogen-bond acceptors (Lipinski definition) is 6. The molecule has 0 fully saturated rings. The molecule has 0 atom stereocenters. The molecule has 0 saturated heterocycles. The highest BCUT2D eigenvalue weighted by molar-refractivity contribution is 5.92. The monoisotopic (exact) mass is 389 g/mol. The third-order valence-electron chi connectivity index (χ3n) is 4.39. The van der Waals surface area contributed by atoms with E-state index in [2.05, 4.69) is 25.9 Å². The number of hydrogen-bond donors (Lipinski definition) is 1. The van der Waals surface area contributed by atoms with E-state index in [-0.39, 0.29) is 12.3 Å². The third-order valence-corrected chi connectivity index (χ3v) is 4.39. The lowest BCUT2D eigenvalue weighted by atomic mass is 10.1. The van der Waals surface area contributed by atoms with E-state index < -0.39 is 0 Å². The second kappa shape index (κ2) is 7.93. The van der Waals surface area contributed by atoms with Gasteiger partial charge in [0.1, 0.15) is 11.4 Å². The van der Waals surface area contributed by atoms with E-state index in [9.17, 15) is 4.79 Å². The Labute approximate surface area is 166 Å². The number of carbonyl (C=O) groups excluding carboxylic acids is 1. The van der Waals surface area contributed by atoms with Crippen LogP contribution in [0.3, 0.4) is 0 Å². The molecule has 0 spiro atoms. The zero-order valence-electron chi connectivity index (χ0n) is 16.0. The first-order chi connectivity index (χ1) is 14.1. The second-order valence-electron chi connectivity index (χ2n) is 6.37. The van der Waals surface area contributed by atoms with Gasteiger partial charge >= 0.3 is 0 Å². The van der Waals surface area contributed by atoms with Crippen LogP contribution in [-0.4, -0.2) is 43.0 Å². The lowest BCUT2D eigenvalue weighted by molar-refractivity contribution is -0.115. The quantitative estimate of drug-likeness (QED) is 0.543. The van der Waals surface area contributed by atoms with Crippen molar-refractivity contribution in [2.24, 2.45) is 0 Å². The number of methoxy groups -OCH3 is 1. The lowest BCUT2D eigenvalue weighted by Crippen LogP contribution is -2.15. The van der Waals surface area contributed by atoms with Gasteiger partial charge in [-0.1, -0.05) is 12.1 Å². The van der Waals surface area contributed by atoms with Gasteiger partial charge in [-0.3, -0.25) is 4.79 Å². The van der Waals surface area contributed by atoms with Crippen LogP contribution in [0.5, 0.6) is 5.75 Å². The Kier molecular flexibility index (Phi) is 5.02. The predicted octanol–water partition coefficient (Wildman–Crippen LogP) is 2.35. The van der Waals surface area contributed by atoms with Crippen molar-refractivity contribution in [1.82, 2.24) is 30.0 Å². The summed E-state index contributed by atoms with van der Waals surface area (Å²) in [5, 5.41) is 18.6. The highest BCUT2D eigenvalue weighted by atomic mass is 16.5. The van der Waals surface area contributed by atoms with Crippen LogP contribution >= 0.6 is 0 Å². The number of rotatable bonds is 6. The average Bonchev–Trinajstić information content (AvgIpc) is 3.40. The number of amides is 1. The van der Waals surface area contributed by atoms with Gasteiger partial charge in [0.05, 0.1) is 19.2 Å². The molecule has 1 N–H and O–H groups in total. The van der Waals surface area contributed by atoms with Crippen molar-refractivity contribution in [3.63, 3.8) is 0 Å². The summed E-state index contributed by atoms with van der Waals surface area (Å²) < 4.78 is 8.71. The van der Waals surface area contributed by atoms with Crippen molar-refractivity contribution in [1.29, 1.82) is 0 Å². The Morgan fingerprint density at radius 2 is 2.00 bits per heavy atom. The molecule has 0 aliphatic heterocycles. The summed E-state index contributed by atoms with van der Waals surface area (Å²) in [4.78, 5) is 12.5. The van der Waals surface area contributed by atoms with Gasteiger partial charge in [-0.15, -0.1) is 5.10 Å². The summed E-state index contributed by atoms with van der Waals surface area (Å²) in [5.41, 5.74) is 3.13. The average molecular weight is 389 g/mol. The minimum absolute atomic E-state index is 0.124. The number of aromatic nitrogens is 6. The number of nitrogens with zero attached hydrogens (tertiary/aromatic N) is 6. The number of benzene rings is 2. The molecule has 1 amide bonds. The first-order valence-electron chi connectivity index (χ1n) is 8.96. The van der Waals surface area contributed by atoms with Crippen LogP contribution in [0.4, 0.5) is 5.69 Å². The van der Waals surface area contributed by atoms with Gasteiger partial charge in [0.15, 0.2) is 5.82 Å². The molecular formula is C20H19N7O2. The van der Waals surface area contributed by atoms with Gasteiger partial charge in [0.25, 0.3) is 0 Å². The fourth-order valence-electron chi connectivity index (χ4n) is 2.97. The molecule has 2 heterocycles. The predicted molar refractivity (Wildman–Crippen MR) is 106 cm³/mol. The molecule has 0 aliphatic carbocycles. The van der Waals surface area contributed by atoms with Gasteiger partial charge in [0, 0.05) is 18.1 Å². The van der Waals surface area contributed by atoms with Crippen LogP contribution in [0, 0.1) is 6.92 Å². The molecule has 4 rings (SSSR count). The smallest absolute Gasteiger partial charge is 0.228 e. The van der Waals surface area contributed by atoms with E-state index in [1.807, 2.05) is 36.5 Å². The Morgan fingerprint density at radius 1 is 1.17 bits per heavy atom. The van der Waals surface area contributed by atoms with Crippen molar-refractivity contribution in [2.45, 2.75) is 13.3 Å². The topological polar surface area (TPSA) is 99.8 Å². The van der Waals surface area contributed by atoms with Crippen LogP contribution < -0.4 is 10.1 Å². The number of nitrogens with one attached hydrogen (secondary N) is 1. The second-order valence-corrected chi connectivity index (χ2v) is 6.37. The van der Waals surface area contributed by atoms with Crippen molar-refractivity contribution in [2.75, 3.05) is 12.4 Å². The summed E-state index contributed by atoms with van der Waals surface area (Å²) in [6.45, 7) is 1.79. The molecule has 0 unspecified atom stereocenters. The summed E-state index contributed by atoms with van der Waals surface area (Å²) in [5.74, 6) is 1.10. The van der Waals surface area contributed by atoms with Gasteiger partial charge in [0.2, 0.25) is 5.91 Å². The molecule has 29 heavy (non-hydrogen) atoms. The van der Waals surface area contributed by atoms with Crippen molar-refractivity contribution >= 4 is 11.6 Å². The molecule has 9 nitrogen and oxygen atoms in total. The van der Waals surface area contributed by atoms with Gasteiger partial charge in [-0.25, -0.2) is 4.68 Å². The fourth-order valence-corrected chi connectivity index (χ4v) is 2.97. The first kappa shape index (κ1) is 18.4. The molecule has 2 aromatic carbocycles. The molecule has 0 radical (unpaired) electrons. The molecular weight excluding hydrogens is 370 g/mol. The van der Waals surface area contributed by atoms with Crippen LogP contribution in [-0.2, 0) is 11.2 Å². The zero-order valence-corrected chi connectivity index (χ0v) is 16.0. The van der Waals surface area contributed by atoms with E-state index in [0.717, 1.165) is 11.3 Å². The highest BCUT2D eigenvalue weighted by Crippen LogP contribution is 2.26. The van der Waals surface area contributed by atoms with Crippen molar-refractivity contribution < 1.29 is 9.53 Å². The van der Waals surface area contributed by atoms with E-state index in [1.54, 1.807) is 47.8 Å². The normalized spacial score (nSPS) is 10.7. The number of ether oxygens (including phenoxy) is 1. The van der Waals surface area contributed by atoms with E-state index >= 15 is 0 Å². The molecule has 0 saturated carbocycles. The molecule has 146 valence electrons. The van der Waals surface area contributed by atoms with E-state index in [0.29, 0.717) is 22.9 Å². The molecule has 2 aromatic heterocycles. The third kappa shape index (κ3) is 3.98. The van der Waals surface area contributed by atoms with Gasteiger partial charge in [-0.2, -0.15) is 9.78 Å². The summed E-state index contributed by atoms with van der Waals surface area (Å²) in [7, 11) is 1.57. The van der Waals surface area contributed by atoms with Crippen LogP contribution in [0.2, 0.25) is 0 Å². The Bertz CT molecular complexity index is 1120. The summed E-state index contributed by atoms with van der Waals surface area (Å²) in [6, 6.07) is 14.9. The first-order valence-corrected chi connectivity index (χ1v) is 8.96. The Hall–Kier alpha value is -4.01.